The van der Waals surface area contributed by atoms with Gasteiger partial charge in [0.05, 0.1) is 19.6 Å². The Hall–Kier alpha value is -8.59. The van der Waals surface area contributed by atoms with E-state index in [2.05, 4.69) is 42.2 Å². The van der Waals surface area contributed by atoms with Crippen molar-refractivity contribution in [2.45, 2.75) is 102 Å². The summed E-state index contributed by atoms with van der Waals surface area (Å²) in [4.78, 5) is 115. The average molecular weight is 1060 g/mol. The van der Waals surface area contributed by atoms with Crippen LogP contribution in [0.4, 0.5) is 5.69 Å². The van der Waals surface area contributed by atoms with Crippen LogP contribution in [0.1, 0.15) is 64.0 Å². The first-order valence-corrected chi connectivity index (χ1v) is 25.7. The molecule has 21 heteroatoms. The van der Waals surface area contributed by atoms with E-state index in [4.69, 9.17) is 11.5 Å². The van der Waals surface area contributed by atoms with E-state index < -0.39 is 90.1 Å². The SMILES string of the molecule is CC(C)C[C@H](NC(=O)[C@H](C)NC(=O)[C@H](Cc1ccc(O)cc1)NC(=O)[C@H](CO)NC(=O)Cc1ccc2ccccc2c1)C(=O)N[C@@H](CCCN=C(N)N)C(=O)N1CCC[C@H]1C(=O)NCC(=O)Nc1ccc2ccccc2c1. The fraction of sp³-hybridized carbons (Fsp3) is 0.375. The van der Waals surface area contributed by atoms with Gasteiger partial charge >= 0.3 is 0 Å². The molecule has 0 bridgehead atoms. The third kappa shape index (κ3) is 17.2. The maximum atomic E-state index is 14.4. The summed E-state index contributed by atoms with van der Waals surface area (Å²) in [6.07, 6.45) is 0.956. The van der Waals surface area contributed by atoms with E-state index in [0.29, 0.717) is 29.7 Å². The van der Waals surface area contributed by atoms with Crippen LogP contribution in [0.5, 0.6) is 5.75 Å². The van der Waals surface area contributed by atoms with Crippen molar-refractivity contribution in [2.24, 2.45) is 22.4 Å². The molecule has 5 aromatic carbocycles. The number of nitrogens with zero attached hydrogens (tertiary/aromatic N) is 2. The lowest BCUT2D eigenvalue weighted by Gasteiger charge is -2.30. The summed E-state index contributed by atoms with van der Waals surface area (Å²) in [5, 5.41) is 42.6. The average Bonchev–Trinajstić information content (AvgIpc) is 3.90. The molecule has 1 aliphatic heterocycles. The summed E-state index contributed by atoms with van der Waals surface area (Å²) in [7, 11) is 0. The molecule has 0 saturated carbocycles. The molecule has 13 N–H and O–H groups in total. The summed E-state index contributed by atoms with van der Waals surface area (Å²) in [6.45, 7) is 4.19. The van der Waals surface area contributed by atoms with Crippen molar-refractivity contribution in [3.05, 3.63) is 120 Å². The van der Waals surface area contributed by atoms with Gasteiger partial charge in [-0.2, -0.15) is 0 Å². The quantitative estimate of drug-likeness (QED) is 0.0226. The number of aliphatic hydroxyl groups excluding tert-OH is 1. The van der Waals surface area contributed by atoms with Crippen LogP contribution in [-0.4, -0.2) is 131 Å². The monoisotopic (exact) mass is 1060 g/mol. The van der Waals surface area contributed by atoms with Crippen molar-refractivity contribution >= 4 is 80.4 Å². The van der Waals surface area contributed by atoms with Crippen molar-refractivity contribution < 1.29 is 48.6 Å². The van der Waals surface area contributed by atoms with E-state index in [1.54, 1.807) is 12.1 Å². The van der Waals surface area contributed by atoms with Gasteiger partial charge in [-0.1, -0.05) is 98.8 Å². The molecule has 1 heterocycles. The van der Waals surface area contributed by atoms with Gasteiger partial charge in [0, 0.05) is 25.2 Å². The molecule has 408 valence electrons. The predicted octanol–water partition coefficient (Wildman–Crippen LogP) is 1.77. The molecule has 5 aromatic rings. The number of carbonyl (C=O) groups excluding carboxylic acids is 8. The Morgan fingerprint density at radius 3 is 1.92 bits per heavy atom. The van der Waals surface area contributed by atoms with Gasteiger partial charge in [-0.25, -0.2) is 0 Å². The van der Waals surface area contributed by atoms with Gasteiger partial charge in [-0.05, 0) is 102 Å². The second-order valence-corrected chi connectivity index (χ2v) is 19.5. The number of benzene rings is 5. The van der Waals surface area contributed by atoms with Gasteiger partial charge in [0.1, 0.15) is 42.0 Å². The summed E-state index contributed by atoms with van der Waals surface area (Å²) < 4.78 is 0. The highest BCUT2D eigenvalue weighted by atomic mass is 16.3. The van der Waals surface area contributed by atoms with Crippen molar-refractivity contribution in [3.8, 4) is 5.75 Å². The summed E-state index contributed by atoms with van der Waals surface area (Å²) in [6, 6.07) is 24.6. The Morgan fingerprint density at radius 2 is 1.26 bits per heavy atom. The van der Waals surface area contributed by atoms with E-state index in [-0.39, 0.29) is 69.4 Å². The second-order valence-electron chi connectivity index (χ2n) is 19.5. The molecule has 0 aromatic heterocycles. The minimum atomic E-state index is -1.45. The van der Waals surface area contributed by atoms with Crippen molar-refractivity contribution in [2.75, 3.05) is 31.6 Å². The molecule has 6 rings (SSSR count). The minimum absolute atomic E-state index is 0.0422. The van der Waals surface area contributed by atoms with Crippen LogP contribution in [0, 0.1) is 5.92 Å². The number of aliphatic hydroxyl groups is 1. The van der Waals surface area contributed by atoms with E-state index in [1.807, 2.05) is 86.6 Å². The number of hydrogen-bond acceptors (Lipinski definition) is 11. The van der Waals surface area contributed by atoms with Crippen molar-refractivity contribution in [1.82, 2.24) is 36.8 Å². The Balaban J connectivity index is 1.09. The number of aromatic hydroxyl groups is 1. The van der Waals surface area contributed by atoms with E-state index in [9.17, 15) is 48.6 Å². The molecule has 6 atom stereocenters. The van der Waals surface area contributed by atoms with E-state index >= 15 is 0 Å². The van der Waals surface area contributed by atoms with Gasteiger partial charge in [0.2, 0.25) is 47.3 Å². The Bertz CT molecular complexity index is 2950. The van der Waals surface area contributed by atoms with Gasteiger partial charge in [-0.15, -0.1) is 0 Å². The highest BCUT2D eigenvalue weighted by Crippen LogP contribution is 2.22. The van der Waals surface area contributed by atoms with Gasteiger partial charge in [-0.3, -0.25) is 43.3 Å². The van der Waals surface area contributed by atoms with Crippen LogP contribution in [0.2, 0.25) is 0 Å². The molecule has 0 radical (unpaired) electrons. The predicted molar refractivity (Wildman–Crippen MR) is 292 cm³/mol. The zero-order valence-electron chi connectivity index (χ0n) is 43.4. The third-order valence-corrected chi connectivity index (χ3v) is 13.0. The second kappa shape index (κ2) is 27.8. The van der Waals surface area contributed by atoms with Crippen LogP contribution in [0.15, 0.2) is 114 Å². The van der Waals surface area contributed by atoms with Gasteiger partial charge < -0.3 is 63.8 Å². The van der Waals surface area contributed by atoms with Crippen LogP contribution >= 0.6 is 0 Å². The molecule has 0 aliphatic carbocycles. The van der Waals surface area contributed by atoms with E-state index in [0.717, 1.165) is 21.5 Å². The maximum absolute atomic E-state index is 14.4. The number of anilines is 1. The minimum Gasteiger partial charge on any atom is -0.508 e. The lowest BCUT2D eigenvalue weighted by molar-refractivity contribution is -0.142. The molecular formula is C56H69N11O10. The third-order valence-electron chi connectivity index (χ3n) is 13.0. The molecule has 21 nitrogen and oxygen atoms in total. The number of rotatable bonds is 25. The zero-order chi connectivity index (χ0) is 55.6. The number of nitrogens with two attached hydrogens (primary N) is 2. The highest BCUT2D eigenvalue weighted by molar-refractivity contribution is 6.00. The number of fused-ring (bicyclic) bond motifs is 2. The Morgan fingerprint density at radius 1 is 0.662 bits per heavy atom. The number of phenols is 1. The van der Waals surface area contributed by atoms with Crippen LogP contribution in [0.25, 0.3) is 21.5 Å². The largest absolute Gasteiger partial charge is 0.508 e. The number of aliphatic imine (C=N–C) groups is 1. The topological polar surface area (TPSA) is 329 Å². The standard InChI is InChI=1S/C56H69N11O10/c1-33(2)26-44(52(74)64-43(14-8-24-59-56(57)58)55(77)67-25-9-15-47(67)54(76)60-31-49(71)62-41-21-20-38-11-5-7-13-40(38)30-41)65-50(72)34(3)61-51(73)45(28-35-17-22-42(69)23-18-35)66-53(75)46(32-68)63-48(70)29-36-16-19-37-10-4-6-12-39(37)27-36/h4-7,10-13,16-23,27,30,33-34,43-47,68-69H,8-9,14-15,24-26,28-29,31-32H2,1-3H3,(H,60,76)(H,61,73)(H,62,71)(H,63,70)(H,64,74)(H,65,72)(H,66,75)(H4,57,58,59)/t34-,43-,44-,45-,46-,47-/m0/s1. The first-order chi connectivity index (χ1) is 36.9. The lowest BCUT2D eigenvalue weighted by Crippen LogP contribution is -2.60. The van der Waals surface area contributed by atoms with Crippen LogP contribution in [-0.2, 0) is 51.2 Å². The number of hydrogen-bond donors (Lipinski definition) is 11. The smallest absolute Gasteiger partial charge is 0.245 e. The van der Waals surface area contributed by atoms with E-state index in [1.165, 1.54) is 36.1 Å². The molecule has 1 saturated heterocycles. The molecule has 77 heavy (non-hydrogen) atoms. The number of nitrogens with one attached hydrogen (secondary N) is 7. The first kappa shape index (κ1) is 57.7. The fourth-order valence-electron chi connectivity index (χ4n) is 9.00. The van der Waals surface area contributed by atoms with Gasteiger partial charge in [0.25, 0.3) is 0 Å². The summed E-state index contributed by atoms with van der Waals surface area (Å²) in [5.74, 6) is -5.70. The molecule has 8 amide bonds. The van der Waals surface area contributed by atoms with Crippen molar-refractivity contribution in [1.29, 1.82) is 0 Å². The van der Waals surface area contributed by atoms with Crippen molar-refractivity contribution in [3.63, 3.8) is 0 Å². The molecule has 0 unspecified atom stereocenters. The number of carbonyl (C=O) groups is 8. The van der Waals surface area contributed by atoms with Crippen LogP contribution < -0.4 is 48.7 Å². The van der Waals surface area contributed by atoms with Gasteiger partial charge in [0.15, 0.2) is 5.96 Å². The summed E-state index contributed by atoms with van der Waals surface area (Å²) >= 11 is 0. The number of likely N-dealkylation sites (tertiary alicyclic amines) is 1. The molecule has 0 spiro atoms. The molecular weight excluding hydrogens is 987 g/mol. The first-order valence-electron chi connectivity index (χ1n) is 25.7. The Kier molecular flexibility index (Phi) is 20.8. The highest BCUT2D eigenvalue weighted by Gasteiger charge is 2.39. The Labute approximate surface area is 446 Å². The lowest BCUT2D eigenvalue weighted by atomic mass is 10.0. The number of guanidine groups is 1. The fourth-order valence-corrected chi connectivity index (χ4v) is 9.00. The number of amides is 8. The number of phenolic OH excluding ortho intramolecular Hbond substituents is 1. The zero-order valence-corrected chi connectivity index (χ0v) is 43.4. The maximum Gasteiger partial charge on any atom is 0.245 e. The normalized spacial score (nSPS) is 15.0. The van der Waals surface area contributed by atoms with Crippen LogP contribution in [0.3, 0.4) is 0 Å². The molecule has 1 fully saturated rings. The summed E-state index contributed by atoms with van der Waals surface area (Å²) in [5.41, 5.74) is 12.8. The molecule has 1 aliphatic rings.